The first kappa shape index (κ1) is 15.9. The van der Waals surface area contributed by atoms with Gasteiger partial charge in [-0.3, -0.25) is 9.58 Å². The minimum Gasteiger partial charge on any atom is -0.435 e. The van der Waals surface area contributed by atoms with Crippen LogP contribution in [0.4, 0.5) is 8.78 Å². The molecule has 124 valence electrons. The number of aryl methyl sites for hydroxylation is 1. The van der Waals surface area contributed by atoms with Crippen LogP contribution in [0.1, 0.15) is 17.4 Å². The molecule has 23 heavy (non-hydrogen) atoms. The molecule has 3 rings (SSSR count). The van der Waals surface area contributed by atoms with Gasteiger partial charge in [0.1, 0.15) is 5.75 Å². The fourth-order valence-electron chi connectivity index (χ4n) is 2.72. The fourth-order valence-corrected chi connectivity index (χ4v) is 2.72. The summed E-state index contributed by atoms with van der Waals surface area (Å²) >= 11 is 0. The highest BCUT2D eigenvalue weighted by Crippen LogP contribution is 2.26. The van der Waals surface area contributed by atoms with Crippen molar-refractivity contribution in [1.29, 1.82) is 0 Å². The van der Waals surface area contributed by atoms with Gasteiger partial charge in [0.05, 0.1) is 18.4 Å². The summed E-state index contributed by atoms with van der Waals surface area (Å²) in [5, 5.41) is 4.17. The van der Waals surface area contributed by atoms with Gasteiger partial charge in [-0.25, -0.2) is 0 Å². The summed E-state index contributed by atoms with van der Waals surface area (Å²) in [6.45, 7) is 0.0865. The fraction of sp³-hybridized carbons (Fsp3) is 0.438. The molecule has 0 radical (unpaired) electrons. The largest absolute Gasteiger partial charge is 0.435 e. The van der Waals surface area contributed by atoms with Gasteiger partial charge in [0.15, 0.2) is 0 Å². The first-order valence-corrected chi connectivity index (χ1v) is 7.47. The number of halogens is 2. The van der Waals surface area contributed by atoms with Crippen LogP contribution in [0, 0.1) is 0 Å². The molecule has 1 aliphatic rings. The quantitative estimate of drug-likeness (QED) is 0.848. The van der Waals surface area contributed by atoms with Crippen molar-refractivity contribution >= 4 is 0 Å². The first-order chi connectivity index (χ1) is 11.1. The molecule has 1 aromatic heterocycles. The second kappa shape index (κ2) is 7.06. The molecule has 5 nitrogen and oxygen atoms in total. The number of nitrogens with zero attached hydrogens (tertiary/aromatic N) is 3. The molecule has 0 bridgehead atoms. The van der Waals surface area contributed by atoms with Gasteiger partial charge in [0.2, 0.25) is 0 Å². The van der Waals surface area contributed by atoms with Crippen LogP contribution >= 0.6 is 0 Å². The van der Waals surface area contributed by atoms with Gasteiger partial charge in [0.25, 0.3) is 0 Å². The van der Waals surface area contributed by atoms with E-state index in [0.717, 1.165) is 24.3 Å². The Labute approximate surface area is 133 Å². The van der Waals surface area contributed by atoms with Crippen molar-refractivity contribution in [1.82, 2.24) is 14.7 Å². The van der Waals surface area contributed by atoms with Gasteiger partial charge >= 0.3 is 6.61 Å². The number of hydrogen-bond donors (Lipinski definition) is 0. The van der Waals surface area contributed by atoms with Crippen LogP contribution in [0.15, 0.2) is 36.5 Å². The Balaban J connectivity index is 1.67. The van der Waals surface area contributed by atoms with E-state index in [9.17, 15) is 8.78 Å². The molecular formula is C16H19F2N3O2. The SMILES string of the molecule is Cn1nccc1CN1CCOC(c2cccc(OC(F)F)c2)C1. The average Bonchev–Trinajstić information content (AvgIpc) is 2.92. The molecule has 0 saturated carbocycles. The number of rotatable bonds is 5. The van der Waals surface area contributed by atoms with Gasteiger partial charge in [-0.05, 0) is 23.8 Å². The molecule has 0 N–H and O–H groups in total. The molecule has 2 heterocycles. The maximum Gasteiger partial charge on any atom is 0.387 e. The monoisotopic (exact) mass is 323 g/mol. The standard InChI is InChI=1S/C16H19F2N3O2/c1-20-13(5-6-19-20)10-21-7-8-22-15(11-21)12-3-2-4-14(9-12)23-16(17)18/h2-6,9,15-16H,7-8,10-11H2,1H3. The Morgan fingerprint density at radius 3 is 3.00 bits per heavy atom. The van der Waals surface area contributed by atoms with E-state index in [4.69, 9.17) is 4.74 Å². The van der Waals surface area contributed by atoms with Crippen molar-refractivity contribution in [3.05, 3.63) is 47.8 Å². The Hall–Kier alpha value is -1.99. The van der Waals surface area contributed by atoms with Crippen molar-refractivity contribution < 1.29 is 18.3 Å². The summed E-state index contributed by atoms with van der Waals surface area (Å²) < 4.78 is 36.8. The zero-order chi connectivity index (χ0) is 16.2. The lowest BCUT2D eigenvalue weighted by Crippen LogP contribution is -2.38. The predicted octanol–water partition coefficient (Wildman–Crippen LogP) is 2.60. The highest BCUT2D eigenvalue weighted by molar-refractivity contribution is 5.30. The van der Waals surface area contributed by atoms with E-state index in [-0.39, 0.29) is 11.9 Å². The van der Waals surface area contributed by atoms with Crippen molar-refractivity contribution in [2.75, 3.05) is 19.7 Å². The lowest BCUT2D eigenvalue weighted by Gasteiger charge is -2.33. The van der Waals surface area contributed by atoms with Crippen molar-refractivity contribution in [2.45, 2.75) is 19.3 Å². The Morgan fingerprint density at radius 1 is 1.39 bits per heavy atom. The molecule has 0 aliphatic carbocycles. The molecule has 1 saturated heterocycles. The number of ether oxygens (including phenoxy) is 2. The molecule has 1 aliphatic heterocycles. The molecule has 0 amide bonds. The third kappa shape index (κ3) is 4.05. The maximum absolute atomic E-state index is 12.3. The molecule has 1 aromatic carbocycles. The topological polar surface area (TPSA) is 39.5 Å². The Bertz CT molecular complexity index is 648. The van der Waals surface area contributed by atoms with Crippen LogP contribution in [0.2, 0.25) is 0 Å². The van der Waals surface area contributed by atoms with E-state index in [2.05, 4.69) is 14.7 Å². The van der Waals surface area contributed by atoms with E-state index in [1.54, 1.807) is 18.3 Å². The minimum atomic E-state index is -2.82. The van der Waals surface area contributed by atoms with E-state index in [1.807, 2.05) is 23.9 Å². The molecular weight excluding hydrogens is 304 g/mol. The molecule has 1 fully saturated rings. The van der Waals surface area contributed by atoms with Gasteiger partial charge < -0.3 is 9.47 Å². The van der Waals surface area contributed by atoms with Gasteiger partial charge in [-0.2, -0.15) is 13.9 Å². The van der Waals surface area contributed by atoms with E-state index in [1.165, 1.54) is 6.07 Å². The lowest BCUT2D eigenvalue weighted by atomic mass is 10.1. The number of morpholine rings is 1. The number of aromatic nitrogens is 2. The first-order valence-electron chi connectivity index (χ1n) is 7.47. The van der Waals surface area contributed by atoms with Crippen LogP contribution in [0.5, 0.6) is 5.75 Å². The maximum atomic E-state index is 12.3. The second-order valence-electron chi connectivity index (χ2n) is 5.49. The zero-order valence-corrected chi connectivity index (χ0v) is 12.9. The van der Waals surface area contributed by atoms with Crippen LogP contribution < -0.4 is 4.74 Å². The van der Waals surface area contributed by atoms with Gasteiger partial charge in [0, 0.05) is 32.9 Å². The molecule has 7 heteroatoms. The predicted molar refractivity (Wildman–Crippen MR) is 80.3 cm³/mol. The lowest BCUT2D eigenvalue weighted by molar-refractivity contribution is -0.0509. The number of hydrogen-bond acceptors (Lipinski definition) is 4. The van der Waals surface area contributed by atoms with Crippen LogP contribution in [-0.4, -0.2) is 41.0 Å². The summed E-state index contributed by atoms with van der Waals surface area (Å²) in [5.74, 6) is 0.157. The zero-order valence-electron chi connectivity index (χ0n) is 12.9. The summed E-state index contributed by atoms with van der Waals surface area (Å²) in [4.78, 5) is 2.27. The summed E-state index contributed by atoms with van der Waals surface area (Å²) in [5.41, 5.74) is 1.97. The average molecular weight is 323 g/mol. The molecule has 1 atom stereocenters. The van der Waals surface area contributed by atoms with Crippen molar-refractivity contribution in [3.8, 4) is 5.75 Å². The van der Waals surface area contributed by atoms with Crippen LogP contribution in [0.25, 0.3) is 0 Å². The summed E-state index contributed by atoms with van der Waals surface area (Å²) in [7, 11) is 1.92. The normalized spacial score (nSPS) is 19.2. The van der Waals surface area contributed by atoms with Crippen LogP contribution in [-0.2, 0) is 18.3 Å². The molecule has 1 unspecified atom stereocenters. The van der Waals surface area contributed by atoms with Crippen molar-refractivity contribution in [2.24, 2.45) is 7.05 Å². The third-order valence-corrected chi connectivity index (χ3v) is 3.91. The second-order valence-corrected chi connectivity index (χ2v) is 5.49. The van der Waals surface area contributed by atoms with Crippen LogP contribution in [0.3, 0.4) is 0 Å². The third-order valence-electron chi connectivity index (χ3n) is 3.91. The van der Waals surface area contributed by atoms with Gasteiger partial charge in [-0.15, -0.1) is 0 Å². The van der Waals surface area contributed by atoms with Gasteiger partial charge in [-0.1, -0.05) is 12.1 Å². The Morgan fingerprint density at radius 2 is 2.26 bits per heavy atom. The Kier molecular flexibility index (Phi) is 4.88. The van der Waals surface area contributed by atoms with Crippen molar-refractivity contribution in [3.63, 3.8) is 0 Å². The van der Waals surface area contributed by atoms with E-state index in [0.29, 0.717) is 13.2 Å². The smallest absolute Gasteiger partial charge is 0.387 e. The highest BCUT2D eigenvalue weighted by Gasteiger charge is 2.23. The molecule has 0 spiro atoms. The number of benzene rings is 1. The summed E-state index contributed by atoms with van der Waals surface area (Å²) in [6, 6.07) is 8.70. The van der Waals surface area contributed by atoms with E-state index < -0.39 is 6.61 Å². The van der Waals surface area contributed by atoms with E-state index >= 15 is 0 Å². The molecule has 2 aromatic rings. The summed E-state index contributed by atoms with van der Waals surface area (Å²) in [6.07, 6.45) is 1.62. The number of alkyl halides is 2. The minimum absolute atomic E-state index is 0.154. The highest BCUT2D eigenvalue weighted by atomic mass is 19.3.